The number of thiophene rings is 1. The third kappa shape index (κ3) is 2.26. The molecule has 1 atom stereocenters. The Hall–Kier alpha value is -0.340. The fraction of sp³-hybridized carbons (Fsp3) is 0.692. The monoisotopic (exact) mass is 221 g/mol. The molecule has 3 rings (SSSR count). The summed E-state index contributed by atoms with van der Waals surface area (Å²) in [7, 11) is 0. The van der Waals surface area contributed by atoms with Gasteiger partial charge in [-0.1, -0.05) is 18.9 Å². The third-order valence-electron chi connectivity index (χ3n) is 3.71. The summed E-state index contributed by atoms with van der Waals surface area (Å²) in [6.07, 6.45) is 8.52. The smallest absolute Gasteiger partial charge is 0.0445 e. The molecule has 2 saturated carbocycles. The second-order valence-corrected chi connectivity index (χ2v) is 5.96. The predicted molar refractivity (Wildman–Crippen MR) is 65.2 cm³/mol. The molecule has 0 saturated heterocycles. The van der Waals surface area contributed by atoms with E-state index in [1.807, 2.05) is 11.3 Å². The van der Waals surface area contributed by atoms with E-state index in [2.05, 4.69) is 22.8 Å². The van der Waals surface area contributed by atoms with Crippen molar-refractivity contribution in [2.24, 2.45) is 5.92 Å². The van der Waals surface area contributed by atoms with E-state index in [0.29, 0.717) is 6.04 Å². The van der Waals surface area contributed by atoms with Gasteiger partial charge in [-0.05, 0) is 43.0 Å². The highest BCUT2D eigenvalue weighted by Crippen LogP contribution is 2.43. The summed E-state index contributed by atoms with van der Waals surface area (Å²) in [4.78, 5) is 1.56. The lowest BCUT2D eigenvalue weighted by atomic mass is 10.1. The fourth-order valence-corrected chi connectivity index (χ4v) is 3.57. The lowest BCUT2D eigenvalue weighted by Gasteiger charge is -2.21. The molecule has 0 aromatic carbocycles. The van der Waals surface area contributed by atoms with Crippen LogP contribution in [0.15, 0.2) is 17.5 Å². The molecular weight excluding hydrogens is 202 g/mol. The van der Waals surface area contributed by atoms with Gasteiger partial charge in [0.1, 0.15) is 0 Å². The number of hydrogen-bond donors (Lipinski definition) is 1. The summed E-state index contributed by atoms with van der Waals surface area (Å²) in [6.45, 7) is 0. The van der Waals surface area contributed by atoms with Gasteiger partial charge in [0.05, 0.1) is 0 Å². The van der Waals surface area contributed by atoms with E-state index < -0.39 is 0 Å². The first-order valence-electron chi connectivity index (χ1n) is 6.23. The summed E-state index contributed by atoms with van der Waals surface area (Å²) in [6, 6.07) is 5.97. The Morgan fingerprint density at radius 3 is 2.60 bits per heavy atom. The minimum absolute atomic E-state index is 0.674. The normalized spacial score (nSPS) is 24.5. The maximum Gasteiger partial charge on any atom is 0.0445 e. The van der Waals surface area contributed by atoms with Crippen molar-refractivity contribution in [3.05, 3.63) is 22.4 Å². The van der Waals surface area contributed by atoms with Crippen molar-refractivity contribution in [1.29, 1.82) is 0 Å². The molecule has 1 unspecified atom stereocenters. The van der Waals surface area contributed by atoms with Crippen LogP contribution in [-0.2, 0) is 0 Å². The highest BCUT2D eigenvalue weighted by Gasteiger charge is 2.34. The van der Waals surface area contributed by atoms with Crippen LogP contribution in [0.3, 0.4) is 0 Å². The van der Waals surface area contributed by atoms with Crippen LogP contribution in [0.2, 0.25) is 0 Å². The minimum Gasteiger partial charge on any atom is -0.306 e. The molecule has 0 bridgehead atoms. The Kier molecular flexibility index (Phi) is 2.80. The molecule has 1 aromatic heterocycles. The maximum absolute atomic E-state index is 3.89. The average molecular weight is 221 g/mol. The number of nitrogens with one attached hydrogen (secondary N) is 1. The van der Waals surface area contributed by atoms with Crippen molar-refractivity contribution < 1.29 is 0 Å². The van der Waals surface area contributed by atoms with Crippen LogP contribution < -0.4 is 5.32 Å². The zero-order valence-electron chi connectivity index (χ0n) is 9.11. The molecule has 0 radical (unpaired) electrons. The Bertz CT molecular complexity index is 296. The Morgan fingerprint density at radius 2 is 2.00 bits per heavy atom. The van der Waals surface area contributed by atoms with Gasteiger partial charge >= 0.3 is 0 Å². The van der Waals surface area contributed by atoms with E-state index in [4.69, 9.17) is 0 Å². The van der Waals surface area contributed by atoms with E-state index in [0.717, 1.165) is 12.0 Å². The van der Waals surface area contributed by atoms with Crippen molar-refractivity contribution in [1.82, 2.24) is 5.32 Å². The third-order valence-corrected chi connectivity index (χ3v) is 4.67. The number of hydrogen-bond acceptors (Lipinski definition) is 2. The van der Waals surface area contributed by atoms with Crippen LogP contribution in [0.4, 0.5) is 0 Å². The van der Waals surface area contributed by atoms with Gasteiger partial charge < -0.3 is 5.32 Å². The van der Waals surface area contributed by atoms with Gasteiger partial charge in [-0.15, -0.1) is 11.3 Å². The summed E-state index contributed by atoms with van der Waals surface area (Å²) < 4.78 is 0. The molecule has 0 aliphatic heterocycles. The summed E-state index contributed by atoms with van der Waals surface area (Å²) in [5.74, 6) is 0.934. The van der Waals surface area contributed by atoms with Crippen LogP contribution in [0, 0.1) is 5.92 Å². The van der Waals surface area contributed by atoms with Crippen LogP contribution in [0.25, 0.3) is 0 Å². The molecule has 1 nitrogen and oxygen atoms in total. The predicted octanol–water partition coefficient (Wildman–Crippen LogP) is 3.73. The van der Waals surface area contributed by atoms with Crippen LogP contribution in [0.5, 0.6) is 0 Å². The quantitative estimate of drug-likeness (QED) is 0.817. The van der Waals surface area contributed by atoms with Gasteiger partial charge in [0.2, 0.25) is 0 Å². The van der Waals surface area contributed by atoms with E-state index in [-0.39, 0.29) is 0 Å². The van der Waals surface area contributed by atoms with Crippen LogP contribution in [-0.4, -0.2) is 6.04 Å². The van der Waals surface area contributed by atoms with Gasteiger partial charge in [-0.2, -0.15) is 0 Å². The molecule has 2 aliphatic carbocycles. The molecule has 2 fully saturated rings. The molecule has 0 amide bonds. The van der Waals surface area contributed by atoms with Crippen LogP contribution in [0.1, 0.15) is 49.4 Å². The van der Waals surface area contributed by atoms with Gasteiger partial charge in [0.15, 0.2) is 0 Å². The van der Waals surface area contributed by atoms with Gasteiger partial charge in [-0.3, -0.25) is 0 Å². The van der Waals surface area contributed by atoms with Crippen LogP contribution >= 0.6 is 11.3 Å². The highest BCUT2D eigenvalue weighted by atomic mass is 32.1. The lowest BCUT2D eigenvalue weighted by Crippen LogP contribution is -2.31. The zero-order chi connectivity index (χ0) is 10.1. The summed E-state index contributed by atoms with van der Waals surface area (Å²) in [5.41, 5.74) is 0. The largest absolute Gasteiger partial charge is 0.306 e. The van der Waals surface area contributed by atoms with E-state index in [9.17, 15) is 0 Å². The summed E-state index contributed by atoms with van der Waals surface area (Å²) >= 11 is 1.92. The van der Waals surface area contributed by atoms with E-state index in [1.165, 1.54) is 38.5 Å². The second kappa shape index (κ2) is 4.26. The number of rotatable bonds is 4. The fourth-order valence-electron chi connectivity index (χ4n) is 2.69. The molecule has 2 heteroatoms. The standard InChI is InChI=1S/C13H19NS/c1-2-5-11(4-1)14-13(10-7-8-10)12-6-3-9-15-12/h3,6,9-11,13-14H,1-2,4-5,7-8H2. The van der Waals surface area contributed by atoms with Crippen molar-refractivity contribution in [2.45, 2.75) is 50.6 Å². The zero-order valence-corrected chi connectivity index (χ0v) is 9.93. The first-order valence-corrected chi connectivity index (χ1v) is 7.11. The molecule has 1 N–H and O–H groups in total. The molecule has 2 aliphatic rings. The van der Waals surface area contributed by atoms with E-state index in [1.54, 1.807) is 4.88 Å². The van der Waals surface area contributed by atoms with Gasteiger partial charge in [0.25, 0.3) is 0 Å². The Balaban J connectivity index is 1.68. The van der Waals surface area contributed by atoms with Crippen molar-refractivity contribution >= 4 is 11.3 Å². The first-order chi connectivity index (χ1) is 7.43. The lowest BCUT2D eigenvalue weighted by molar-refractivity contribution is 0.411. The highest BCUT2D eigenvalue weighted by molar-refractivity contribution is 7.10. The maximum atomic E-state index is 3.89. The average Bonchev–Trinajstić information content (AvgIpc) is 2.78. The van der Waals surface area contributed by atoms with Gasteiger partial charge in [0, 0.05) is 17.0 Å². The SMILES string of the molecule is c1csc(C(NC2CCCC2)C2CC2)c1. The topological polar surface area (TPSA) is 12.0 Å². The second-order valence-electron chi connectivity index (χ2n) is 4.98. The minimum atomic E-state index is 0.674. The van der Waals surface area contributed by atoms with Crippen molar-refractivity contribution in [3.8, 4) is 0 Å². The van der Waals surface area contributed by atoms with E-state index >= 15 is 0 Å². The molecular formula is C13H19NS. The molecule has 1 heterocycles. The van der Waals surface area contributed by atoms with Gasteiger partial charge in [-0.25, -0.2) is 0 Å². The molecule has 15 heavy (non-hydrogen) atoms. The first kappa shape index (κ1) is 9.86. The molecule has 0 spiro atoms. The Morgan fingerprint density at radius 1 is 1.20 bits per heavy atom. The van der Waals surface area contributed by atoms with Crippen molar-refractivity contribution in [2.75, 3.05) is 0 Å². The summed E-state index contributed by atoms with van der Waals surface area (Å²) in [5, 5.41) is 6.10. The Labute approximate surface area is 95.9 Å². The molecule has 1 aromatic rings. The van der Waals surface area contributed by atoms with Crippen molar-refractivity contribution in [3.63, 3.8) is 0 Å². The molecule has 82 valence electrons.